The van der Waals surface area contributed by atoms with Crippen molar-refractivity contribution in [2.75, 3.05) is 11.6 Å². The quantitative estimate of drug-likeness (QED) is 0.555. The molecule has 0 fully saturated rings. The smallest absolute Gasteiger partial charge is 0.336 e. The largest absolute Gasteiger partial charge is 0.473 e. The zero-order chi connectivity index (χ0) is 18.3. The first-order chi connectivity index (χ1) is 12.6. The highest BCUT2D eigenvalue weighted by Crippen LogP contribution is 2.35. The molecule has 0 saturated heterocycles. The molecule has 134 valence electrons. The summed E-state index contributed by atoms with van der Waals surface area (Å²) in [6.45, 7) is 5.29. The van der Waals surface area contributed by atoms with Gasteiger partial charge in [0.2, 0.25) is 0 Å². The number of benzene rings is 2. The Morgan fingerprint density at radius 2 is 2.04 bits per heavy atom. The van der Waals surface area contributed by atoms with E-state index in [9.17, 15) is 4.79 Å². The lowest BCUT2D eigenvalue weighted by Gasteiger charge is -2.31. The normalized spacial score (nSPS) is 13.6. The monoisotopic (exact) mass is 413 g/mol. The maximum Gasteiger partial charge on any atom is 0.336 e. The Kier molecular flexibility index (Phi) is 4.49. The molecule has 0 saturated carbocycles. The molecule has 1 aliphatic heterocycles. The van der Waals surface area contributed by atoms with Crippen molar-refractivity contribution in [3.63, 3.8) is 0 Å². The predicted molar refractivity (Wildman–Crippen MR) is 107 cm³/mol. The van der Waals surface area contributed by atoms with Crippen molar-refractivity contribution >= 4 is 32.6 Å². The van der Waals surface area contributed by atoms with Crippen LogP contribution in [0.3, 0.4) is 0 Å². The number of hydrogen-bond acceptors (Lipinski definition) is 4. The number of aryl methyl sites for hydroxylation is 2. The summed E-state index contributed by atoms with van der Waals surface area (Å²) < 4.78 is 12.6. The number of rotatable bonds is 3. The number of ether oxygens (including phenoxy) is 1. The van der Waals surface area contributed by atoms with E-state index in [0.29, 0.717) is 18.9 Å². The molecule has 0 unspecified atom stereocenters. The number of halogens is 1. The van der Waals surface area contributed by atoms with Crippen molar-refractivity contribution in [3.05, 3.63) is 68.0 Å². The van der Waals surface area contributed by atoms with Gasteiger partial charge < -0.3 is 14.1 Å². The molecule has 4 nitrogen and oxygen atoms in total. The second-order valence-electron chi connectivity index (χ2n) is 6.66. The number of nitrogens with zero attached hydrogens (tertiary/aromatic N) is 1. The molecule has 0 N–H and O–H groups in total. The SMILES string of the molecule is CCCc1cc(=O)oc2c3c(ccc12)OCN(c1ccc(Br)c(C)c1)C3. The summed E-state index contributed by atoms with van der Waals surface area (Å²) in [5.74, 6) is 0.791. The summed E-state index contributed by atoms with van der Waals surface area (Å²) in [6, 6.07) is 11.8. The van der Waals surface area contributed by atoms with E-state index in [2.05, 4.69) is 46.8 Å². The zero-order valence-electron chi connectivity index (χ0n) is 14.8. The van der Waals surface area contributed by atoms with E-state index in [0.717, 1.165) is 45.3 Å². The van der Waals surface area contributed by atoms with Gasteiger partial charge in [0.1, 0.15) is 11.3 Å². The van der Waals surface area contributed by atoms with Crippen LogP contribution in [-0.2, 0) is 13.0 Å². The van der Waals surface area contributed by atoms with Gasteiger partial charge in [-0.05, 0) is 54.8 Å². The fourth-order valence-corrected chi connectivity index (χ4v) is 3.71. The third-order valence-electron chi connectivity index (χ3n) is 4.81. The molecule has 0 atom stereocenters. The summed E-state index contributed by atoms with van der Waals surface area (Å²) >= 11 is 3.54. The molecule has 4 rings (SSSR count). The second kappa shape index (κ2) is 6.80. The van der Waals surface area contributed by atoms with Crippen molar-refractivity contribution in [2.45, 2.75) is 33.2 Å². The summed E-state index contributed by atoms with van der Waals surface area (Å²) in [5.41, 5.74) is 4.58. The predicted octanol–water partition coefficient (Wildman–Crippen LogP) is 5.17. The van der Waals surface area contributed by atoms with Crippen LogP contribution in [0.1, 0.15) is 30.0 Å². The second-order valence-corrected chi connectivity index (χ2v) is 7.52. The minimum Gasteiger partial charge on any atom is -0.473 e. The van der Waals surface area contributed by atoms with E-state index in [-0.39, 0.29) is 5.63 Å². The van der Waals surface area contributed by atoms with Gasteiger partial charge in [0, 0.05) is 21.6 Å². The summed E-state index contributed by atoms with van der Waals surface area (Å²) in [7, 11) is 0. The number of anilines is 1. The minimum atomic E-state index is -0.300. The molecule has 2 heterocycles. The van der Waals surface area contributed by atoms with Crippen LogP contribution in [-0.4, -0.2) is 6.73 Å². The zero-order valence-corrected chi connectivity index (χ0v) is 16.4. The standard InChI is InChI=1S/C21H20BrNO3/c1-3-4-14-10-20(24)26-21-16(14)6-8-19-17(21)11-23(12-25-19)15-5-7-18(22)13(2)9-15/h5-10H,3-4,11-12H2,1-2H3. The molecule has 0 amide bonds. The Morgan fingerprint density at radius 3 is 2.81 bits per heavy atom. The van der Waals surface area contributed by atoms with Crippen molar-refractivity contribution in [1.29, 1.82) is 0 Å². The fourth-order valence-electron chi connectivity index (χ4n) is 3.47. The van der Waals surface area contributed by atoms with E-state index >= 15 is 0 Å². The Labute approximate surface area is 160 Å². The van der Waals surface area contributed by atoms with Crippen LogP contribution < -0.4 is 15.3 Å². The molecule has 0 radical (unpaired) electrons. The molecule has 26 heavy (non-hydrogen) atoms. The average molecular weight is 414 g/mol. The van der Waals surface area contributed by atoms with E-state index in [4.69, 9.17) is 9.15 Å². The molecular weight excluding hydrogens is 394 g/mol. The van der Waals surface area contributed by atoms with Crippen LogP contribution in [0.25, 0.3) is 11.0 Å². The third-order valence-corrected chi connectivity index (χ3v) is 5.70. The van der Waals surface area contributed by atoms with E-state index in [1.807, 2.05) is 18.2 Å². The third kappa shape index (κ3) is 3.01. The average Bonchev–Trinajstić information content (AvgIpc) is 2.63. The molecule has 3 aromatic rings. The maximum absolute atomic E-state index is 12.1. The molecule has 0 aliphatic carbocycles. The summed E-state index contributed by atoms with van der Waals surface area (Å²) in [4.78, 5) is 14.2. The molecule has 2 aromatic carbocycles. The minimum absolute atomic E-state index is 0.300. The van der Waals surface area contributed by atoms with Crippen molar-refractivity contribution in [3.8, 4) is 5.75 Å². The molecular formula is C21H20BrNO3. The van der Waals surface area contributed by atoms with E-state index < -0.39 is 0 Å². The first-order valence-corrected chi connectivity index (χ1v) is 9.58. The van der Waals surface area contributed by atoms with Crippen molar-refractivity contribution < 1.29 is 9.15 Å². The van der Waals surface area contributed by atoms with E-state index in [1.165, 1.54) is 5.56 Å². The van der Waals surface area contributed by atoms with Gasteiger partial charge in [-0.3, -0.25) is 0 Å². The Hall–Kier alpha value is -2.27. The summed E-state index contributed by atoms with van der Waals surface area (Å²) in [6.07, 6.45) is 1.84. The van der Waals surface area contributed by atoms with Crippen molar-refractivity contribution in [1.82, 2.24) is 0 Å². The topological polar surface area (TPSA) is 42.7 Å². The molecule has 1 aliphatic rings. The van der Waals surface area contributed by atoms with Gasteiger partial charge in [-0.2, -0.15) is 0 Å². The van der Waals surface area contributed by atoms with Crippen LogP contribution >= 0.6 is 15.9 Å². The van der Waals surface area contributed by atoms with Gasteiger partial charge in [-0.25, -0.2) is 4.79 Å². The van der Waals surface area contributed by atoms with Gasteiger partial charge in [-0.15, -0.1) is 0 Å². The highest BCUT2D eigenvalue weighted by molar-refractivity contribution is 9.10. The Balaban J connectivity index is 1.81. The molecule has 5 heteroatoms. The van der Waals surface area contributed by atoms with Gasteiger partial charge in [0.25, 0.3) is 0 Å². The molecule has 1 aromatic heterocycles. The van der Waals surface area contributed by atoms with Gasteiger partial charge >= 0.3 is 5.63 Å². The summed E-state index contributed by atoms with van der Waals surface area (Å²) in [5, 5.41) is 1.00. The lowest BCUT2D eigenvalue weighted by Crippen LogP contribution is -2.32. The van der Waals surface area contributed by atoms with Crippen LogP contribution in [0.5, 0.6) is 5.75 Å². The maximum atomic E-state index is 12.1. The number of hydrogen-bond donors (Lipinski definition) is 0. The highest BCUT2D eigenvalue weighted by Gasteiger charge is 2.23. The fraction of sp³-hybridized carbons (Fsp3) is 0.286. The van der Waals surface area contributed by atoms with E-state index in [1.54, 1.807) is 6.07 Å². The highest BCUT2D eigenvalue weighted by atomic mass is 79.9. The van der Waals surface area contributed by atoms with Gasteiger partial charge in [0.15, 0.2) is 6.73 Å². The Bertz CT molecular complexity index is 1040. The lowest BCUT2D eigenvalue weighted by atomic mass is 10.0. The van der Waals surface area contributed by atoms with Crippen LogP contribution in [0.2, 0.25) is 0 Å². The Morgan fingerprint density at radius 1 is 1.19 bits per heavy atom. The van der Waals surface area contributed by atoms with Crippen LogP contribution in [0, 0.1) is 6.92 Å². The number of fused-ring (bicyclic) bond motifs is 3. The van der Waals surface area contributed by atoms with Gasteiger partial charge in [-0.1, -0.05) is 29.3 Å². The lowest BCUT2D eigenvalue weighted by molar-refractivity contribution is 0.289. The first-order valence-electron chi connectivity index (χ1n) is 8.79. The first kappa shape index (κ1) is 17.2. The van der Waals surface area contributed by atoms with Gasteiger partial charge in [0.05, 0.1) is 12.1 Å². The van der Waals surface area contributed by atoms with Crippen LogP contribution in [0.4, 0.5) is 5.69 Å². The molecule has 0 bridgehead atoms. The van der Waals surface area contributed by atoms with Crippen molar-refractivity contribution in [2.24, 2.45) is 0 Å². The molecule has 0 spiro atoms. The van der Waals surface area contributed by atoms with Crippen LogP contribution in [0.15, 0.2) is 50.1 Å².